The lowest BCUT2D eigenvalue weighted by atomic mass is 9.96. The minimum absolute atomic E-state index is 0.0220. The van der Waals surface area contributed by atoms with Gasteiger partial charge < -0.3 is 14.9 Å². The summed E-state index contributed by atoms with van der Waals surface area (Å²) in [6, 6.07) is 0. The van der Waals surface area contributed by atoms with E-state index in [9.17, 15) is 24.6 Å². The van der Waals surface area contributed by atoms with Gasteiger partial charge in [-0.05, 0) is 6.42 Å². The first-order valence-corrected chi connectivity index (χ1v) is 15.5. The molecule has 0 spiro atoms. The Morgan fingerprint density at radius 2 is 1.66 bits per heavy atom. The summed E-state index contributed by atoms with van der Waals surface area (Å²) in [6.07, 6.45) is 14.8. The molecule has 2 aromatic rings. The Kier molecular flexibility index (Phi) is 12.9. The van der Waals surface area contributed by atoms with Crippen molar-refractivity contribution in [3.8, 4) is 0 Å². The number of nitrogens with one attached hydrogen (secondary N) is 2. The molecule has 11 heteroatoms. The Morgan fingerprint density at radius 3 is 2.20 bits per heavy atom. The molecule has 1 amide bonds. The quantitative estimate of drug-likeness (QED) is 0.177. The lowest BCUT2D eigenvalue weighted by Gasteiger charge is -2.29. The van der Waals surface area contributed by atoms with E-state index in [1.54, 1.807) is 13.8 Å². The number of aromatic nitrogens is 4. The van der Waals surface area contributed by atoms with Crippen molar-refractivity contribution in [2.45, 2.75) is 135 Å². The lowest BCUT2D eigenvalue weighted by Crippen LogP contribution is -2.42. The van der Waals surface area contributed by atoms with E-state index >= 15 is 0 Å². The molecule has 1 aliphatic heterocycles. The van der Waals surface area contributed by atoms with Crippen LogP contribution in [0.25, 0.3) is 11.2 Å². The lowest BCUT2D eigenvalue weighted by molar-refractivity contribution is -0.160. The molecular weight excluding hydrogens is 526 g/mol. The topological polar surface area (TPSA) is 159 Å². The first-order valence-electron chi connectivity index (χ1n) is 15.5. The Hall–Kier alpha value is -2.63. The minimum atomic E-state index is -1.67. The maximum Gasteiger partial charge on any atom is 0.280 e. The van der Waals surface area contributed by atoms with Crippen molar-refractivity contribution in [2.24, 2.45) is 5.92 Å². The summed E-state index contributed by atoms with van der Waals surface area (Å²) in [4.78, 5) is 49.6. The van der Waals surface area contributed by atoms with Crippen LogP contribution in [-0.4, -0.2) is 60.2 Å². The number of hydrogen-bond acceptors (Lipinski definition) is 8. The van der Waals surface area contributed by atoms with Gasteiger partial charge in [0.25, 0.3) is 5.56 Å². The average Bonchev–Trinajstić information content (AvgIpc) is 3.53. The van der Waals surface area contributed by atoms with E-state index in [1.807, 2.05) is 0 Å². The van der Waals surface area contributed by atoms with Gasteiger partial charge >= 0.3 is 0 Å². The first-order chi connectivity index (χ1) is 19.7. The molecule has 0 radical (unpaired) electrons. The number of aromatic amines is 1. The van der Waals surface area contributed by atoms with Crippen LogP contribution in [0.3, 0.4) is 0 Å². The third kappa shape index (κ3) is 8.68. The summed E-state index contributed by atoms with van der Waals surface area (Å²) in [5.41, 5.74) is -2.22. The van der Waals surface area contributed by atoms with Gasteiger partial charge in [0.15, 0.2) is 16.9 Å². The number of rotatable bonds is 19. The fourth-order valence-electron chi connectivity index (χ4n) is 5.41. The molecule has 0 aromatic carbocycles. The number of H-pyrrole nitrogens is 1. The van der Waals surface area contributed by atoms with Gasteiger partial charge in [-0.25, -0.2) is 4.98 Å². The predicted molar refractivity (Wildman–Crippen MR) is 157 cm³/mol. The standard InChI is InChI=1S/C30H49N5O6/c1-4-5-6-7-8-9-10-11-12-13-14-15-16-17-24(38)30(18-22(37)23(19-36)41-30)35-20-31-25-26(35)32-29(34-28(25)40)33-27(39)21(2)3/h20-23,36-37H,4-19H2,1-3H3,(H2,32,33,34,39,40)/t22-,23+,30-/m0/s1. The highest BCUT2D eigenvalue weighted by molar-refractivity contribution is 5.91. The second-order valence-electron chi connectivity index (χ2n) is 11.7. The van der Waals surface area contributed by atoms with Crippen LogP contribution >= 0.6 is 0 Å². The summed E-state index contributed by atoms with van der Waals surface area (Å²) in [7, 11) is 0. The summed E-state index contributed by atoms with van der Waals surface area (Å²) >= 11 is 0. The highest BCUT2D eigenvalue weighted by atomic mass is 16.6. The zero-order valence-corrected chi connectivity index (χ0v) is 25.0. The second kappa shape index (κ2) is 16.1. The summed E-state index contributed by atoms with van der Waals surface area (Å²) in [5, 5.41) is 22.9. The second-order valence-corrected chi connectivity index (χ2v) is 11.7. The zero-order chi connectivity index (χ0) is 29.8. The summed E-state index contributed by atoms with van der Waals surface area (Å²) in [5.74, 6) is -1.02. The van der Waals surface area contributed by atoms with Gasteiger partial charge in [-0.15, -0.1) is 0 Å². The Morgan fingerprint density at radius 1 is 1.07 bits per heavy atom. The van der Waals surface area contributed by atoms with E-state index in [-0.39, 0.29) is 47.6 Å². The van der Waals surface area contributed by atoms with E-state index in [0.29, 0.717) is 6.42 Å². The molecule has 230 valence electrons. The molecule has 1 fully saturated rings. The molecule has 41 heavy (non-hydrogen) atoms. The number of fused-ring (bicyclic) bond motifs is 1. The third-order valence-corrected chi connectivity index (χ3v) is 7.95. The molecule has 0 unspecified atom stereocenters. The van der Waals surface area contributed by atoms with E-state index in [0.717, 1.165) is 19.3 Å². The fraction of sp³-hybridized carbons (Fsp3) is 0.767. The van der Waals surface area contributed by atoms with Gasteiger partial charge in [0.2, 0.25) is 17.6 Å². The number of aliphatic hydroxyl groups is 2. The Labute approximate surface area is 242 Å². The molecule has 0 aliphatic carbocycles. The maximum absolute atomic E-state index is 13.7. The summed E-state index contributed by atoms with van der Waals surface area (Å²) < 4.78 is 7.39. The number of imidazole rings is 1. The van der Waals surface area contributed by atoms with Gasteiger partial charge in [0.05, 0.1) is 12.7 Å². The van der Waals surface area contributed by atoms with Crippen LogP contribution < -0.4 is 10.9 Å². The number of carbonyl (C=O) groups excluding carboxylic acids is 2. The van der Waals surface area contributed by atoms with Crippen LogP contribution in [0.15, 0.2) is 11.1 Å². The molecule has 3 atom stereocenters. The molecule has 0 bridgehead atoms. The molecule has 4 N–H and O–H groups in total. The fourth-order valence-corrected chi connectivity index (χ4v) is 5.41. The number of aliphatic hydroxyl groups excluding tert-OH is 2. The number of hydrogen-bond donors (Lipinski definition) is 4. The van der Waals surface area contributed by atoms with Crippen molar-refractivity contribution >= 4 is 28.8 Å². The molecule has 1 aliphatic rings. The number of anilines is 1. The van der Waals surface area contributed by atoms with Gasteiger partial charge in [0.1, 0.15) is 12.4 Å². The van der Waals surface area contributed by atoms with Crippen molar-refractivity contribution in [3.05, 3.63) is 16.7 Å². The number of amides is 1. The highest BCUT2D eigenvalue weighted by Gasteiger charge is 2.52. The van der Waals surface area contributed by atoms with Crippen molar-refractivity contribution < 1.29 is 24.5 Å². The van der Waals surface area contributed by atoms with Crippen molar-refractivity contribution in [1.82, 2.24) is 19.5 Å². The largest absolute Gasteiger partial charge is 0.394 e. The number of nitrogens with zero attached hydrogens (tertiary/aromatic N) is 3. The third-order valence-electron chi connectivity index (χ3n) is 7.95. The van der Waals surface area contributed by atoms with E-state index in [4.69, 9.17) is 4.74 Å². The molecule has 1 saturated heterocycles. The van der Waals surface area contributed by atoms with Crippen LogP contribution in [0.4, 0.5) is 5.95 Å². The Bertz CT molecular complexity index is 1180. The molecule has 3 rings (SSSR count). The first kappa shape index (κ1) is 32.9. The van der Waals surface area contributed by atoms with Crippen LogP contribution in [0.2, 0.25) is 0 Å². The molecule has 3 heterocycles. The predicted octanol–water partition coefficient (Wildman–Crippen LogP) is 4.56. The van der Waals surface area contributed by atoms with Crippen LogP contribution in [0, 0.1) is 5.92 Å². The Balaban J connectivity index is 1.61. The molecular formula is C30H49N5O6. The normalized spacial score (nSPS) is 20.7. The van der Waals surface area contributed by atoms with Crippen LogP contribution in [0.1, 0.15) is 117 Å². The average molecular weight is 576 g/mol. The van der Waals surface area contributed by atoms with Crippen LogP contribution in [0.5, 0.6) is 0 Å². The monoisotopic (exact) mass is 575 g/mol. The van der Waals surface area contributed by atoms with Crippen molar-refractivity contribution in [3.63, 3.8) is 0 Å². The van der Waals surface area contributed by atoms with E-state index in [1.165, 1.54) is 68.7 Å². The van der Waals surface area contributed by atoms with Gasteiger partial charge in [-0.1, -0.05) is 97.8 Å². The number of carbonyl (C=O) groups is 2. The minimum Gasteiger partial charge on any atom is -0.394 e. The van der Waals surface area contributed by atoms with E-state index < -0.39 is 30.1 Å². The molecule has 0 saturated carbocycles. The van der Waals surface area contributed by atoms with Gasteiger partial charge in [-0.3, -0.25) is 29.3 Å². The van der Waals surface area contributed by atoms with E-state index in [2.05, 4.69) is 27.2 Å². The molecule has 11 nitrogen and oxygen atoms in total. The number of unbranched alkanes of at least 4 members (excludes halogenated alkanes) is 12. The van der Waals surface area contributed by atoms with Crippen LogP contribution in [-0.2, 0) is 20.1 Å². The number of ketones is 1. The number of ether oxygens (including phenoxy) is 1. The SMILES string of the molecule is CCCCCCCCCCCCCCCC(=O)[C@]1(n2cnc3c(=O)[nH]c(NC(=O)C(C)C)nc32)C[C@H](O)[C@@H](CO)O1. The summed E-state index contributed by atoms with van der Waals surface area (Å²) in [6.45, 7) is 5.19. The molecule has 2 aromatic heterocycles. The van der Waals surface area contributed by atoms with Gasteiger partial charge in [0, 0.05) is 18.8 Å². The van der Waals surface area contributed by atoms with Crippen molar-refractivity contribution in [2.75, 3.05) is 11.9 Å². The number of Topliss-reactive ketones (excluding diaryl/α,β-unsaturated/α-hetero) is 1. The maximum atomic E-state index is 13.7. The van der Waals surface area contributed by atoms with Crippen molar-refractivity contribution in [1.29, 1.82) is 0 Å². The van der Waals surface area contributed by atoms with Gasteiger partial charge in [-0.2, -0.15) is 4.98 Å². The highest BCUT2D eigenvalue weighted by Crippen LogP contribution is 2.39. The zero-order valence-electron chi connectivity index (χ0n) is 25.0. The smallest absolute Gasteiger partial charge is 0.280 e.